The second kappa shape index (κ2) is 12.9. The van der Waals surface area contributed by atoms with E-state index in [0.29, 0.717) is 0 Å². The van der Waals surface area contributed by atoms with Crippen molar-refractivity contribution in [3.63, 3.8) is 0 Å². The summed E-state index contributed by atoms with van der Waals surface area (Å²) < 4.78 is 0. The van der Waals surface area contributed by atoms with Crippen molar-refractivity contribution in [2.45, 2.75) is 90.9 Å². The van der Waals surface area contributed by atoms with Crippen molar-refractivity contribution in [3.8, 4) is 0 Å². The van der Waals surface area contributed by atoms with Crippen LogP contribution in [-0.4, -0.2) is 11.1 Å². The SMILES string of the molecule is CCCCCCCCCC[C@H](CCCC)C(=O)O. The number of hydrogen-bond donors (Lipinski definition) is 1. The van der Waals surface area contributed by atoms with Gasteiger partial charge in [-0.1, -0.05) is 78.1 Å². The molecule has 2 heteroatoms. The summed E-state index contributed by atoms with van der Waals surface area (Å²) in [4.78, 5) is 11.0. The number of hydrogen-bond acceptors (Lipinski definition) is 1. The molecule has 0 aliphatic carbocycles. The predicted molar refractivity (Wildman–Crippen MR) is 77.9 cm³/mol. The Bertz CT molecular complexity index is 190. The molecule has 0 fully saturated rings. The number of aliphatic carboxylic acids is 1. The average Bonchev–Trinajstić information content (AvgIpc) is 2.35. The van der Waals surface area contributed by atoms with Crippen LogP contribution in [0.1, 0.15) is 90.9 Å². The van der Waals surface area contributed by atoms with Gasteiger partial charge in [0.15, 0.2) is 0 Å². The maximum Gasteiger partial charge on any atom is 0.306 e. The largest absolute Gasteiger partial charge is 0.481 e. The lowest BCUT2D eigenvalue weighted by atomic mass is 9.95. The van der Waals surface area contributed by atoms with Crippen LogP contribution in [0, 0.1) is 5.92 Å². The van der Waals surface area contributed by atoms with E-state index in [9.17, 15) is 4.79 Å². The summed E-state index contributed by atoms with van der Waals surface area (Å²) in [6.45, 7) is 4.36. The summed E-state index contributed by atoms with van der Waals surface area (Å²) in [6, 6.07) is 0. The van der Waals surface area contributed by atoms with Crippen LogP contribution in [-0.2, 0) is 4.79 Å². The monoisotopic (exact) mass is 256 g/mol. The van der Waals surface area contributed by atoms with Gasteiger partial charge in [0, 0.05) is 0 Å². The zero-order chi connectivity index (χ0) is 13.6. The molecule has 1 N–H and O–H groups in total. The van der Waals surface area contributed by atoms with Crippen molar-refractivity contribution in [2.24, 2.45) is 5.92 Å². The molecule has 0 aromatic carbocycles. The van der Waals surface area contributed by atoms with Crippen LogP contribution < -0.4 is 0 Å². The van der Waals surface area contributed by atoms with Crippen molar-refractivity contribution in [3.05, 3.63) is 0 Å². The highest BCUT2D eigenvalue weighted by molar-refractivity contribution is 5.69. The van der Waals surface area contributed by atoms with Gasteiger partial charge in [-0.15, -0.1) is 0 Å². The average molecular weight is 256 g/mol. The fourth-order valence-electron chi connectivity index (χ4n) is 2.37. The van der Waals surface area contributed by atoms with Crippen LogP contribution in [0.25, 0.3) is 0 Å². The van der Waals surface area contributed by atoms with Gasteiger partial charge in [-0.2, -0.15) is 0 Å². The van der Waals surface area contributed by atoms with Crippen LogP contribution in [0.15, 0.2) is 0 Å². The zero-order valence-corrected chi connectivity index (χ0v) is 12.4. The molecule has 2 nitrogen and oxygen atoms in total. The van der Waals surface area contributed by atoms with Gasteiger partial charge < -0.3 is 5.11 Å². The molecular formula is C16H32O2. The second-order valence-corrected chi connectivity index (χ2v) is 5.44. The smallest absolute Gasteiger partial charge is 0.306 e. The maximum atomic E-state index is 11.0. The van der Waals surface area contributed by atoms with Crippen molar-refractivity contribution in [2.75, 3.05) is 0 Å². The number of rotatable bonds is 13. The second-order valence-electron chi connectivity index (χ2n) is 5.44. The first-order valence-electron chi connectivity index (χ1n) is 7.95. The van der Waals surface area contributed by atoms with Crippen molar-refractivity contribution in [1.82, 2.24) is 0 Å². The Morgan fingerprint density at radius 2 is 1.22 bits per heavy atom. The summed E-state index contributed by atoms with van der Waals surface area (Å²) in [5.41, 5.74) is 0. The van der Waals surface area contributed by atoms with E-state index in [1.807, 2.05) is 0 Å². The molecule has 108 valence electrons. The predicted octanol–water partition coefficient (Wildman–Crippen LogP) is 5.41. The number of carbonyl (C=O) groups is 1. The molecule has 0 aliphatic heterocycles. The molecule has 1 atom stereocenters. The standard InChI is InChI=1S/C16H32O2/c1-3-5-7-8-9-10-11-12-14-15(16(17)18)13-6-4-2/h15H,3-14H2,1-2H3,(H,17,18)/t15-/m0/s1. The van der Waals surface area contributed by atoms with E-state index in [4.69, 9.17) is 5.11 Å². The Morgan fingerprint density at radius 3 is 1.72 bits per heavy atom. The topological polar surface area (TPSA) is 37.3 Å². The van der Waals surface area contributed by atoms with Gasteiger partial charge in [0.2, 0.25) is 0 Å². The summed E-state index contributed by atoms with van der Waals surface area (Å²) >= 11 is 0. The third-order valence-corrected chi connectivity index (χ3v) is 3.66. The van der Waals surface area contributed by atoms with Gasteiger partial charge in [-0.25, -0.2) is 0 Å². The zero-order valence-electron chi connectivity index (χ0n) is 12.4. The molecule has 0 saturated carbocycles. The molecule has 0 aromatic rings. The van der Waals surface area contributed by atoms with Gasteiger partial charge in [0.05, 0.1) is 5.92 Å². The minimum absolute atomic E-state index is 0.0926. The maximum absolute atomic E-state index is 11.0. The van der Waals surface area contributed by atoms with E-state index in [1.54, 1.807) is 0 Å². The molecule has 18 heavy (non-hydrogen) atoms. The first-order chi connectivity index (χ1) is 8.72. The summed E-state index contributed by atoms with van der Waals surface area (Å²) in [7, 11) is 0. The summed E-state index contributed by atoms with van der Waals surface area (Å²) in [5, 5.41) is 9.10. The fourth-order valence-corrected chi connectivity index (χ4v) is 2.37. The lowest BCUT2D eigenvalue weighted by Gasteiger charge is -2.11. The van der Waals surface area contributed by atoms with E-state index in [2.05, 4.69) is 13.8 Å². The first kappa shape index (κ1) is 17.5. The van der Waals surface area contributed by atoms with E-state index < -0.39 is 5.97 Å². The van der Waals surface area contributed by atoms with Crippen molar-refractivity contribution in [1.29, 1.82) is 0 Å². The number of unbranched alkanes of at least 4 members (excludes halogenated alkanes) is 8. The molecule has 0 radical (unpaired) electrons. The molecule has 0 aliphatic rings. The molecular weight excluding hydrogens is 224 g/mol. The molecule has 0 rings (SSSR count). The van der Waals surface area contributed by atoms with Gasteiger partial charge in [-0.3, -0.25) is 4.79 Å². The third kappa shape index (κ3) is 10.6. The molecule has 0 aromatic heterocycles. The van der Waals surface area contributed by atoms with Gasteiger partial charge in [0.25, 0.3) is 0 Å². The van der Waals surface area contributed by atoms with E-state index in [0.717, 1.165) is 32.1 Å². The fraction of sp³-hybridized carbons (Fsp3) is 0.938. The first-order valence-corrected chi connectivity index (χ1v) is 7.95. The number of carboxylic acid groups (broad SMARTS) is 1. The third-order valence-electron chi connectivity index (χ3n) is 3.66. The molecule has 0 bridgehead atoms. The van der Waals surface area contributed by atoms with Gasteiger partial charge in [-0.05, 0) is 12.8 Å². The highest BCUT2D eigenvalue weighted by Gasteiger charge is 2.15. The van der Waals surface area contributed by atoms with Crippen LogP contribution >= 0.6 is 0 Å². The molecule has 0 amide bonds. The molecule has 0 spiro atoms. The highest BCUT2D eigenvalue weighted by atomic mass is 16.4. The van der Waals surface area contributed by atoms with Crippen molar-refractivity contribution >= 4 is 5.97 Å². The Kier molecular flexibility index (Phi) is 12.5. The van der Waals surface area contributed by atoms with Gasteiger partial charge >= 0.3 is 5.97 Å². The number of carboxylic acids is 1. The van der Waals surface area contributed by atoms with Crippen LogP contribution in [0.3, 0.4) is 0 Å². The summed E-state index contributed by atoms with van der Waals surface area (Å²) in [6.07, 6.45) is 14.2. The molecule has 0 saturated heterocycles. The van der Waals surface area contributed by atoms with Crippen LogP contribution in [0.4, 0.5) is 0 Å². The van der Waals surface area contributed by atoms with E-state index >= 15 is 0 Å². The molecule has 0 heterocycles. The lowest BCUT2D eigenvalue weighted by molar-refractivity contribution is -0.142. The Morgan fingerprint density at radius 1 is 0.778 bits per heavy atom. The van der Waals surface area contributed by atoms with Crippen LogP contribution in [0.2, 0.25) is 0 Å². The lowest BCUT2D eigenvalue weighted by Crippen LogP contribution is -2.13. The van der Waals surface area contributed by atoms with Gasteiger partial charge in [0.1, 0.15) is 0 Å². The minimum Gasteiger partial charge on any atom is -0.481 e. The normalized spacial score (nSPS) is 12.6. The Hall–Kier alpha value is -0.530. The Labute approximate surface area is 113 Å². The van der Waals surface area contributed by atoms with Crippen LogP contribution in [0.5, 0.6) is 0 Å². The highest BCUT2D eigenvalue weighted by Crippen LogP contribution is 2.18. The van der Waals surface area contributed by atoms with Crippen molar-refractivity contribution < 1.29 is 9.90 Å². The van der Waals surface area contributed by atoms with E-state index in [1.165, 1.54) is 44.9 Å². The quantitative estimate of drug-likeness (QED) is 0.447. The minimum atomic E-state index is -0.591. The summed E-state index contributed by atoms with van der Waals surface area (Å²) in [5.74, 6) is -0.684. The molecule has 0 unspecified atom stereocenters. The Balaban J connectivity index is 3.40. The van der Waals surface area contributed by atoms with E-state index in [-0.39, 0.29) is 5.92 Å².